The zero-order chi connectivity index (χ0) is 11.5. The first-order valence-electron chi connectivity index (χ1n) is 5.35. The van der Waals surface area contributed by atoms with Gasteiger partial charge in [-0.05, 0) is 25.4 Å². The summed E-state index contributed by atoms with van der Waals surface area (Å²) in [5.74, 6) is 0.379. The van der Waals surface area contributed by atoms with Gasteiger partial charge in [0.25, 0.3) is 5.91 Å². The smallest absolute Gasteiger partial charge is 0.256 e. The van der Waals surface area contributed by atoms with Crippen LogP contribution >= 0.6 is 11.6 Å². The minimum atomic E-state index is -0.148. The monoisotopic (exact) mass is 242 g/mol. The van der Waals surface area contributed by atoms with Gasteiger partial charge in [-0.15, -0.1) is 0 Å². The number of nitrogens with zero attached hydrogens (tertiary/aromatic N) is 2. The molecule has 1 unspecified atom stereocenters. The van der Waals surface area contributed by atoms with Crippen LogP contribution in [0.1, 0.15) is 16.8 Å². The summed E-state index contributed by atoms with van der Waals surface area (Å²) < 4.78 is 1.48. The average Bonchev–Trinajstić information content (AvgIpc) is 2.88. The maximum absolute atomic E-state index is 11.8. The number of carbonyl (C=O) groups is 1. The van der Waals surface area contributed by atoms with Crippen molar-refractivity contribution in [2.24, 2.45) is 13.0 Å². The van der Waals surface area contributed by atoms with Crippen LogP contribution in [0.3, 0.4) is 0 Å². The maximum atomic E-state index is 11.8. The van der Waals surface area contributed by atoms with Gasteiger partial charge in [-0.25, -0.2) is 0 Å². The standard InChI is InChI=1S/C10H15ClN4O/c1-15-9(11)8(6-14-15)10(16)13-5-7-2-3-12-4-7/h6-7,12H,2-5H2,1H3,(H,13,16). The lowest BCUT2D eigenvalue weighted by molar-refractivity contribution is 0.0948. The molecule has 1 saturated heterocycles. The van der Waals surface area contributed by atoms with Gasteiger partial charge < -0.3 is 10.6 Å². The molecule has 1 aromatic rings. The molecule has 0 saturated carbocycles. The fourth-order valence-corrected chi connectivity index (χ4v) is 1.97. The number of nitrogens with one attached hydrogen (secondary N) is 2. The largest absolute Gasteiger partial charge is 0.352 e. The van der Waals surface area contributed by atoms with Crippen LogP contribution < -0.4 is 10.6 Å². The SMILES string of the molecule is Cn1ncc(C(=O)NCC2CCNC2)c1Cl. The summed E-state index contributed by atoms with van der Waals surface area (Å²) in [7, 11) is 1.71. The summed E-state index contributed by atoms with van der Waals surface area (Å²) in [4.78, 5) is 11.8. The van der Waals surface area contributed by atoms with Gasteiger partial charge >= 0.3 is 0 Å². The van der Waals surface area contributed by atoms with Crippen LogP contribution in [-0.2, 0) is 7.05 Å². The average molecular weight is 243 g/mol. The maximum Gasteiger partial charge on any atom is 0.256 e. The molecule has 0 spiro atoms. The molecule has 16 heavy (non-hydrogen) atoms. The van der Waals surface area contributed by atoms with Crippen LogP contribution in [0, 0.1) is 5.92 Å². The van der Waals surface area contributed by atoms with Crippen molar-refractivity contribution in [1.29, 1.82) is 0 Å². The Morgan fingerprint density at radius 2 is 2.62 bits per heavy atom. The zero-order valence-electron chi connectivity index (χ0n) is 9.16. The van der Waals surface area contributed by atoms with E-state index >= 15 is 0 Å². The normalized spacial score (nSPS) is 20.0. The van der Waals surface area contributed by atoms with Crippen molar-refractivity contribution in [3.8, 4) is 0 Å². The lowest BCUT2D eigenvalue weighted by atomic mass is 10.1. The Morgan fingerprint density at radius 3 is 3.19 bits per heavy atom. The van der Waals surface area contributed by atoms with Crippen molar-refractivity contribution in [2.75, 3.05) is 19.6 Å². The Labute approximate surface area is 99.2 Å². The molecule has 1 aliphatic rings. The number of aromatic nitrogens is 2. The van der Waals surface area contributed by atoms with E-state index in [0.29, 0.717) is 23.2 Å². The molecule has 1 atom stereocenters. The molecule has 0 aromatic carbocycles. The Balaban J connectivity index is 1.90. The van der Waals surface area contributed by atoms with Gasteiger partial charge in [-0.3, -0.25) is 9.48 Å². The summed E-state index contributed by atoms with van der Waals surface area (Å²) >= 11 is 5.93. The third-order valence-electron chi connectivity index (χ3n) is 2.82. The van der Waals surface area contributed by atoms with E-state index in [2.05, 4.69) is 15.7 Å². The number of halogens is 1. The van der Waals surface area contributed by atoms with E-state index in [1.165, 1.54) is 10.9 Å². The van der Waals surface area contributed by atoms with E-state index in [-0.39, 0.29) is 5.91 Å². The fourth-order valence-electron chi connectivity index (χ4n) is 1.80. The lowest BCUT2D eigenvalue weighted by Gasteiger charge is -2.09. The molecule has 0 aliphatic carbocycles. The zero-order valence-corrected chi connectivity index (χ0v) is 9.92. The predicted molar refractivity (Wildman–Crippen MR) is 61.5 cm³/mol. The van der Waals surface area contributed by atoms with Gasteiger partial charge in [0.05, 0.1) is 11.8 Å². The van der Waals surface area contributed by atoms with E-state index in [1.807, 2.05) is 0 Å². The van der Waals surface area contributed by atoms with Crippen LogP contribution in [0.4, 0.5) is 0 Å². The van der Waals surface area contributed by atoms with Crippen LogP contribution in [0.5, 0.6) is 0 Å². The summed E-state index contributed by atoms with van der Waals surface area (Å²) in [5, 5.41) is 10.4. The van der Waals surface area contributed by atoms with Crippen molar-refractivity contribution in [3.05, 3.63) is 16.9 Å². The van der Waals surface area contributed by atoms with Crippen molar-refractivity contribution in [1.82, 2.24) is 20.4 Å². The number of rotatable bonds is 3. The molecule has 6 heteroatoms. The highest BCUT2D eigenvalue weighted by atomic mass is 35.5. The molecule has 1 fully saturated rings. The van der Waals surface area contributed by atoms with Gasteiger partial charge in [0, 0.05) is 13.6 Å². The third kappa shape index (κ3) is 2.36. The van der Waals surface area contributed by atoms with Crippen LogP contribution in [-0.4, -0.2) is 35.3 Å². The highest BCUT2D eigenvalue weighted by molar-refractivity contribution is 6.32. The number of hydrogen-bond donors (Lipinski definition) is 2. The van der Waals surface area contributed by atoms with Crippen molar-refractivity contribution < 1.29 is 4.79 Å². The Kier molecular flexibility index (Phi) is 3.46. The molecule has 5 nitrogen and oxygen atoms in total. The minimum absolute atomic E-state index is 0.148. The highest BCUT2D eigenvalue weighted by Crippen LogP contribution is 2.14. The van der Waals surface area contributed by atoms with Crippen LogP contribution in [0.25, 0.3) is 0 Å². The van der Waals surface area contributed by atoms with Crippen molar-refractivity contribution in [2.45, 2.75) is 6.42 Å². The minimum Gasteiger partial charge on any atom is -0.352 e. The molecule has 0 bridgehead atoms. The lowest BCUT2D eigenvalue weighted by Crippen LogP contribution is -2.30. The number of amides is 1. The van der Waals surface area contributed by atoms with Crippen LogP contribution in [0.15, 0.2) is 6.20 Å². The van der Waals surface area contributed by atoms with Gasteiger partial charge in [0.2, 0.25) is 0 Å². The second kappa shape index (κ2) is 4.84. The van der Waals surface area contributed by atoms with E-state index in [0.717, 1.165) is 19.5 Å². The van der Waals surface area contributed by atoms with E-state index in [9.17, 15) is 4.79 Å². The third-order valence-corrected chi connectivity index (χ3v) is 3.27. The summed E-state index contributed by atoms with van der Waals surface area (Å²) in [6, 6.07) is 0. The second-order valence-electron chi connectivity index (χ2n) is 4.04. The highest BCUT2D eigenvalue weighted by Gasteiger charge is 2.18. The van der Waals surface area contributed by atoms with Crippen molar-refractivity contribution in [3.63, 3.8) is 0 Å². The van der Waals surface area contributed by atoms with Gasteiger partial charge in [0.15, 0.2) is 0 Å². The Bertz CT molecular complexity index is 384. The second-order valence-corrected chi connectivity index (χ2v) is 4.40. The molecular weight excluding hydrogens is 228 g/mol. The van der Waals surface area contributed by atoms with E-state index in [1.54, 1.807) is 7.05 Å². The van der Waals surface area contributed by atoms with E-state index < -0.39 is 0 Å². The summed E-state index contributed by atoms with van der Waals surface area (Å²) in [6.07, 6.45) is 2.60. The first-order chi connectivity index (χ1) is 7.68. The molecule has 88 valence electrons. The van der Waals surface area contributed by atoms with Crippen molar-refractivity contribution >= 4 is 17.5 Å². The van der Waals surface area contributed by atoms with Crippen LogP contribution in [0.2, 0.25) is 5.15 Å². The molecule has 1 aliphatic heterocycles. The molecule has 0 radical (unpaired) electrons. The summed E-state index contributed by atoms with van der Waals surface area (Å²) in [6.45, 7) is 2.70. The number of hydrogen-bond acceptors (Lipinski definition) is 3. The van der Waals surface area contributed by atoms with Gasteiger partial charge in [0.1, 0.15) is 5.15 Å². The number of carbonyl (C=O) groups excluding carboxylic acids is 1. The van der Waals surface area contributed by atoms with Gasteiger partial charge in [-0.2, -0.15) is 5.10 Å². The molecule has 2 heterocycles. The molecule has 1 aromatic heterocycles. The molecular formula is C10H15ClN4O. The molecule has 2 N–H and O–H groups in total. The quantitative estimate of drug-likeness (QED) is 0.808. The predicted octanol–water partition coefficient (Wildman–Crippen LogP) is 0.413. The fraction of sp³-hybridized carbons (Fsp3) is 0.600. The first kappa shape index (κ1) is 11.4. The summed E-state index contributed by atoms with van der Waals surface area (Å²) in [5.41, 5.74) is 0.440. The molecule has 1 amide bonds. The number of aryl methyl sites for hydroxylation is 1. The van der Waals surface area contributed by atoms with Gasteiger partial charge in [-0.1, -0.05) is 11.6 Å². The Morgan fingerprint density at radius 1 is 1.81 bits per heavy atom. The first-order valence-corrected chi connectivity index (χ1v) is 5.72. The Hall–Kier alpha value is -1.07. The van der Waals surface area contributed by atoms with E-state index in [4.69, 9.17) is 11.6 Å². The topological polar surface area (TPSA) is 59.0 Å². The molecule has 2 rings (SSSR count).